The van der Waals surface area contributed by atoms with E-state index in [1.54, 1.807) is 6.92 Å². The van der Waals surface area contributed by atoms with Crippen LogP contribution in [-0.2, 0) is 4.79 Å². The summed E-state index contributed by atoms with van der Waals surface area (Å²) in [4.78, 5) is 24.3. The van der Waals surface area contributed by atoms with E-state index in [1.165, 1.54) is 23.1 Å². The SMILES string of the molecule is CCCN(CC(=O)O)C(=O)c1cccc(F)c1OCC. The lowest BCUT2D eigenvalue weighted by Crippen LogP contribution is -2.36. The Bertz CT molecular complexity index is 490. The van der Waals surface area contributed by atoms with Crippen LogP contribution in [0.3, 0.4) is 0 Å². The molecule has 6 heteroatoms. The van der Waals surface area contributed by atoms with Crippen molar-refractivity contribution in [1.82, 2.24) is 4.90 Å². The Labute approximate surface area is 117 Å². The Kier molecular flexibility index (Phi) is 5.96. The van der Waals surface area contributed by atoms with E-state index in [2.05, 4.69) is 0 Å². The van der Waals surface area contributed by atoms with Crippen LogP contribution in [-0.4, -0.2) is 41.6 Å². The zero-order valence-electron chi connectivity index (χ0n) is 11.6. The second-order valence-electron chi connectivity index (χ2n) is 4.17. The zero-order valence-corrected chi connectivity index (χ0v) is 11.6. The number of ether oxygens (including phenoxy) is 1. The lowest BCUT2D eigenvalue weighted by atomic mass is 10.1. The van der Waals surface area contributed by atoms with Crippen LogP contribution < -0.4 is 4.74 Å². The van der Waals surface area contributed by atoms with E-state index in [9.17, 15) is 14.0 Å². The Hall–Kier alpha value is -2.11. The lowest BCUT2D eigenvalue weighted by Gasteiger charge is -2.21. The molecule has 0 fully saturated rings. The lowest BCUT2D eigenvalue weighted by molar-refractivity contribution is -0.137. The molecule has 0 aliphatic heterocycles. The molecule has 1 N–H and O–H groups in total. The van der Waals surface area contributed by atoms with E-state index in [0.717, 1.165) is 0 Å². The first-order chi connectivity index (χ1) is 9.51. The highest BCUT2D eigenvalue weighted by Gasteiger charge is 2.23. The van der Waals surface area contributed by atoms with E-state index in [4.69, 9.17) is 9.84 Å². The monoisotopic (exact) mass is 283 g/mol. The molecule has 110 valence electrons. The number of amides is 1. The number of para-hydroxylation sites is 1. The fourth-order valence-corrected chi connectivity index (χ4v) is 1.82. The molecular weight excluding hydrogens is 265 g/mol. The van der Waals surface area contributed by atoms with Gasteiger partial charge in [0.1, 0.15) is 6.54 Å². The van der Waals surface area contributed by atoms with Gasteiger partial charge in [0.15, 0.2) is 11.6 Å². The summed E-state index contributed by atoms with van der Waals surface area (Å²) in [6, 6.07) is 4.03. The standard InChI is InChI=1S/C14H18FNO4/c1-3-8-16(9-12(17)18)14(19)10-6-5-7-11(15)13(10)20-4-2/h5-7H,3-4,8-9H2,1-2H3,(H,17,18). The maximum Gasteiger partial charge on any atom is 0.323 e. The Morgan fingerprint density at radius 2 is 2.05 bits per heavy atom. The molecule has 0 saturated heterocycles. The van der Waals surface area contributed by atoms with Crippen LogP contribution in [0.5, 0.6) is 5.75 Å². The number of hydrogen-bond donors (Lipinski definition) is 1. The third kappa shape index (κ3) is 3.94. The van der Waals surface area contributed by atoms with E-state index in [-0.39, 0.29) is 24.5 Å². The summed E-state index contributed by atoms with van der Waals surface area (Å²) in [5.74, 6) is -2.42. The third-order valence-electron chi connectivity index (χ3n) is 2.59. The van der Waals surface area contributed by atoms with Gasteiger partial charge in [0.2, 0.25) is 0 Å². The average molecular weight is 283 g/mol. The van der Waals surface area contributed by atoms with Crippen LogP contribution in [0.15, 0.2) is 18.2 Å². The molecule has 0 radical (unpaired) electrons. The number of nitrogens with zero attached hydrogens (tertiary/aromatic N) is 1. The summed E-state index contributed by atoms with van der Waals surface area (Å²) in [6.45, 7) is 3.59. The first kappa shape index (κ1) is 15.9. The minimum Gasteiger partial charge on any atom is -0.490 e. The third-order valence-corrected chi connectivity index (χ3v) is 2.59. The Morgan fingerprint density at radius 1 is 1.35 bits per heavy atom. The number of hydrogen-bond acceptors (Lipinski definition) is 3. The number of carboxylic acids is 1. The van der Waals surface area contributed by atoms with Gasteiger partial charge in [-0.1, -0.05) is 13.0 Å². The van der Waals surface area contributed by atoms with Gasteiger partial charge < -0.3 is 14.7 Å². The van der Waals surface area contributed by atoms with Gasteiger partial charge in [0.25, 0.3) is 5.91 Å². The summed E-state index contributed by atoms with van der Waals surface area (Å²) in [5.41, 5.74) is 0.0431. The van der Waals surface area contributed by atoms with Crippen molar-refractivity contribution in [3.63, 3.8) is 0 Å². The number of benzene rings is 1. The molecule has 0 heterocycles. The number of carboxylic acid groups (broad SMARTS) is 1. The maximum absolute atomic E-state index is 13.7. The maximum atomic E-state index is 13.7. The molecule has 1 amide bonds. The zero-order chi connectivity index (χ0) is 15.1. The average Bonchev–Trinajstić information content (AvgIpc) is 2.39. The van der Waals surface area contributed by atoms with Crippen molar-refractivity contribution in [2.75, 3.05) is 19.7 Å². The number of carbonyl (C=O) groups excluding carboxylic acids is 1. The predicted octanol–water partition coefficient (Wildman–Crippen LogP) is 2.16. The number of halogens is 1. The largest absolute Gasteiger partial charge is 0.490 e. The second-order valence-corrected chi connectivity index (χ2v) is 4.17. The molecule has 0 aliphatic rings. The van der Waals surface area contributed by atoms with Crippen molar-refractivity contribution in [3.8, 4) is 5.75 Å². The van der Waals surface area contributed by atoms with Gasteiger partial charge in [0.05, 0.1) is 12.2 Å². The fourth-order valence-electron chi connectivity index (χ4n) is 1.82. The summed E-state index contributed by atoms with van der Waals surface area (Å²) in [7, 11) is 0. The first-order valence-corrected chi connectivity index (χ1v) is 6.43. The molecular formula is C14H18FNO4. The Balaban J connectivity index is 3.10. The molecule has 0 saturated carbocycles. The number of carbonyl (C=O) groups is 2. The van der Waals surface area contributed by atoms with E-state index >= 15 is 0 Å². The van der Waals surface area contributed by atoms with Gasteiger partial charge >= 0.3 is 5.97 Å². The van der Waals surface area contributed by atoms with Crippen LogP contribution in [0.25, 0.3) is 0 Å². The van der Waals surface area contributed by atoms with Crippen LogP contribution in [0.1, 0.15) is 30.6 Å². The van der Waals surface area contributed by atoms with E-state index < -0.39 is 24.2 Å². The predicted molar refractivity (Wildman–Crippen MR) is 71.4 cm³/mol. The highest BCUT2D eigenvalue weighted by molar-refractivity contribution is 5.98. The molecule has 0 aromatic heterocycles. The Morgan fingerprint density at radius 3 is 2.60 bits per heavy atom. The molecule has 0 aliphatic carbocycles. The topological polar surface area (TPSA) is 66.8 Å². The molecule has 5 nitrogen and oxygen atoms in total. The molecule has 0 unspecified atom stereocenters. The van der Waals surface area contributed by atoms with Gasteiger partial charge in [0, 0.05) is 6.54 Å². The van der Waals surface area contributed by atoms with Crippen molar-refractivity contribution >= 4 is 11.9 Å². The minimum absolute atomic E-state index is 0.0431. The first-order valence-electron chi connectivity index (χ1n) is 6.43. The van der Waals surface area contributed by atoms with Crippen molar-refractivity contribution in [3.05, 3.63) is 29.6 Å². The van der Waals surface area contributed by atoms with Crippen LogP contribution >= 0.6 is 0 Å². The van der Waals surface area contributed by atoms with Gasteiger partial charge in [-0.05, 0) is 25.5 Å². The molecule has 1 aromatic rings. The molecule has 0 spiro atoms. The highest BCUT2D eigenvalue weighted by atomic mass is 19.1. The number of aliphatic carboxylic acids is 1. The second kappa shape index (κ2) is 7.47. The summed E-state index contributed by atoms with van der Waals surface area (Å²) in [5, 5.41) is 8.83. The van der Waals surface area contributed by atoms with E-state index in [1.807, 2.05) is 6.92 Å². The van der Waals surface area contributed by atoms with Gasteiger partial charge in [-0.2, -0.15) is 0 Å². The summed E-state index contributed by atoms with van der Waals surface area (Å²) < 4.78 is 18.8. The normalized spacial score (nSPS) is 10.2. The van der Waals surface area contributed by atoms with Gasteiger partial charge in [-0.15, -0.1) is 0 Å². The molecule has 0 atom stereocenters. The van der Waals surface area contributed by atoms with Gasteiger partial charge in [-0.3, -0.25) is 9.59 Å². The minimum atomic E-state index is -1.11. The summed E-state index contributed by atoms with van der Waals surface area (Å²) in [6.07, 6.45) is 0.609. The molecule has 1 aromatic carbocycles. The van der Waals surface area contributed by atoms with Gasteiger partial charge in [-0.25, -0.2) is 4.39 Å². The van der Waals surface area contributed by atoms with Crippen molar-refractivity contribution in [1.29, 1.82) is 0 Å². The van der Waals surface area contributed by atoms with Crippen molar-refractivity contribution in [2.24, 2.45) is 0 Å². The van der Waals surface area contributed by atoms with Crippen molar-refractivity contribution < 1.29 is 23.8 Å². The van der Waals surface area contributed by atoms with Crippen LogP contribution in [0, 0.1) is 5.82 Å². The van der Waals surface area contributed by atoms with Crippen LogP contribution in [0.4, 0.5) is 4.39 Å². The smallest absolute Gasteiger partial charge is 0.323 e. The molecule has 20 heavy (non-hydrogen) atoms. The quantitative estimate of drug-likeness (QED) is 0.832. The number of rotatable bonds is 7. The van der Waals surface area contributed by atoms with E-state index in [0.29, 0.717) is 6.42 Å². The van der Waals surface area contributed by atoms with Crippen LogP contribution in [0.2, 0.25) is 0 Å². The summed E-state index contributed by atoms with van der Waals surface area (Å²) >= 11 is 0. The van der Waals surface area contributed by atoms with Crippen molar-refractivity contribution in [2.45, 2.75) is 20.3 Å². The fraction of sp³-hybridized carbons (Fsp3) is 0.429. The molecule has 0 bridgehead atoms. The highest BCUT2D eigenvalue weighted by Crippen LogP contribution is 2.24. The molecule has 1 rings (SSSR count).